The summed E-state index contributed by atoms with van der Waals surface area (Å²) in [5.74, 6) is -1.17. The van der Waals surface area contributed by atoms with Crippen molar-refractivity contribution in [3.05, 3.63) is 29.8 Å². The summed E-state index contributed by atoms with van der Waals surface area (Å²) in [6.45, 7) is 3.69. The summed E-state index contributed by atoms with van der Waals surface area (Å²) >= 11 is 0. The molecule has 0 spiro atoms. The minimum atomic E-state index is -0.957. The van der Waals surface area contributed by atoms with Gasteiger partial charge < -0.3 is 21.3 Å². The number of hydrogen-bond acceptors (Lipinski definition) is 4. The third kappa shape index (κ3) is 5.83. The highest BCUT2D eigenvalue weighted by Crippen LogP contribution is 2.11. The van der Waals surface area contributed by atoms with Gasteiger partial charge in [0, 0.05) is 6.04 Å². The van der Waals surface area contributed by atoms with Gasteiger partial charge in [-0.15, -0.1) is 0 Å². The smallest absolute Gasteiger partial charge is 0.305 e. The third-order valence-corrected chi connectivity index (χ3v) is 3.26. The van der Waals surface area contributed by atoms with Crippen molar-refractivity contribution in [1.82, 2.24) is 5.32 Å². The molecule has 0 radical (unpaired) electrons. The minimum Gasteiger partial charge on any atom is -0.508 e. The van der Waals surface area contributed by atoms with Gasteiger partial charge in [0.1, 0.15) is 5.75 Å². The van der Waals surface area contributed by atoms with Gasteiger partial charge in [0.15, 0.2) is 0 Å². The van der Waals surface area contributed by atoms with Crippen LogP contribution >= 0.6 is 0 Å². The fraction of sp³-hybridized carbons (Fsp3) is 0.467. The molecule has 6 nitrogen and oxygen atoms in total. The predicted molar refractivity (Wildman–Crippen MR) is 78.8 cm³/mol. The number of amides is 1. The number of rotatable bonds is 7. The van der Waals surface area contributed by atoms with Crippen molar-refractivity contribution in [2.24, 2.45) is 11.7 Å². The molecule has 0 aliphatic carbocycles. The first-order valence-electron chi connectivity index (χ1n) is 6.85. The molecule has 0 saturated heterocycles. The van der Waals surface area contributed by atoms with Crippen molar-refractivity contribution < 1.29 is 19.8 Å². The molecule has 0 fully saturated rings. The Bertz CT molecular complexity index is 485. The van der Waals surface area contributed by atoms with Crippen molar-refractivity contribution in [2.75, 3.05) is 0 Å². The number of aromatic hydroxyl groups is 1. The Morgan fingerprint density at radius 1 is 1.24 bits per heavy atom. The lowest BCUT2D eigenvalue weighted by atomic mass is 9.99. The van der Waals surface area contributed by atoms with E-state index >= 15 is 0 Å². The van der Waals surface area contributed by atoms with Crippen LogP contribution in [-0.2, 0) is 16.0 Å². The van der Waals surface area contributed by atoms with Crippen LogP contribution in [0.4, 0.5) is 0 Å². The number of carbonyl (C=O) groups is 2. The molecule has 5 N–H and O–H groups in total. The van der Waals surface area contributed by atoms with Crippen molar-refractivity contribution in [2.45, 2.75) is 38.8 Å². The van der Waals surface area contributed by atoms with E-state index in [0.717, 1.165) is 5.56 Å². The molecule has 0 aliphatic heterocycles. The van der Waals surface area contributed by atoms with Gasteiger partial charge >= 0.3 is 5.97 Å². The molecular formula is C15H22N2O4. The van der Waals surface area contributed by atoms with E-state index in [1.54, 1.807) is 12.1 Å². The van der Waals surface area contributed by atoms with E-state index in [4.69, 9.17) is 10.8 Å². The molecule has 2 atom stereocenters. The van der Waals surface area contributed by atoms with Gasteiger partial charge in [0.05, 0.1) is 12.5 Å². The van der Waals surface area contributed by atoms with E-state index in [1.807, 2.05) is 13.8 Å². The first-order valence-corrected chi connectivity index (χ1v) is 6.85. The van der Waals surface area contributed by atoms with Crippen molar-refractivity contribution in [1.29, 1.82) is 0 Å². The summed E-state index contributed by atoms with van der Waals surface area (Å²) < 4.78 is 0. The van der Waals surface area contributed by atoms with Gasteiger partial charge in [-0.25, -0.2) is 0 Å². The first kappa shape index (κ1) is 17.0. The maximum absolute atomic E-state index is 12.0. The fourth-order valence-corrected chi connectivity index (χ4v) is 1.91. The standard InChI is InChI=1S/C15H22N2O4/c1-9(2)13(8-14(19)20)17-15(21)12(16)7-10-3-5-11(18)6-4-10/h3-6,9,12-13,18H,7-8,16H2,1-2H3,(H,17,21)(H,19,20). The minimum absolute atomic E-state index is 0.00548. The molecule has 0 saturated carbocycles. The number of carbonyl (C=O) groups excluding carboxylic acids is 1. The van der Waals surface area contributed by atoms with Gasteiger partial charge in [-0.2, -0.15) is 0 Å². The number of nitrogens with one attached hydrogen (secondary N) is 1. The number of nitrogens with two attached hydrogens (primary N) is 1. The lowest BCUT2D eigenvalue weighted by Gasteiger charge is -2.22. The molecule has 0 heterocycles. The molecule has 116 valence electrons. The Morgan fingerprint density at radius 3 is 2.29 bits per heavy atom. The molecule has 1 amide bonds. The summed E-state index contributed by atoms with van der Waals surface area (Å²) in [6, 6.07) is 5.24. The highest BCUT2D eigenvalue weighted by atomic mass is 16.4. The second-order valence-electron chi connectivity index (χ2n) is 5.43. The fourth-order valence-electron chi connectivity index (χ4n) is 1.91. The van der Waals surface area contributed by atoms with Crippen LogP contribution in [0.5, 0.6) is 5.75 Å². The summed E-state index contributed by atoms with van der Waals surface area (Å²) in [7, 11) is 0. The lowest BCUT2D eigenvalue weighted by molar-refractivity contribution is -0.138. The Kier molecular flexibility index (Phi) is 6.17. The van der Waals surface area contributed by atoms with Gasteiger partial charge in [-0.05, 0) is 30.0 Å². The summed E-state index contributed by atoms with van der Waals surface area (Å²) in [5, 5.41) is 20.7. The molecule has 6 heteroatoms. The number of phenolic OH excluding ortho intramolecular Hbond substituents is 1. The van der Waals surface area contributed by atoms with Gasteiger partial charge in [-0.1, -0.05) is 26.0 Å². The average Bonchev–Trinajstić information content (AvgIpc) is 2.39. The quantitative estimate of drug-likeness (QED) is 0.596. The summed E-state index contributed by atoms with van der Waals surface area (Å²) in [5.41, 5.74) is 6.67. The van der Waals surface area contributed by atoms with Crippen molar-refractivity contribution in [3.63, 3.8) is 0 Å². The van der Waals surface area contributed by atoms with Crippen LogP contribution in [0, 0.1) is 5.92 Å². The van der Waals surface area contributed by atoms with E-state index in [-0.39, 0.29) is 24.0 Å². The van der Waals surface area contributed by atoms with Crippen LogP contribution < -0.4 is 11.1 Å². The average molecular weight is 294 g/mol. The predicted octanol–water partition coefficient (Wildman–Crippen LogP) is 0.878. The third-order valence-electron chi connectivity index (χ3n) is 3.26. The lowest BCUT2D eigenvalue weighted by Crippen LogP contribution is -2.48. The second kappa shape index (κ2) is 7.64. The molecule has 0 bridgehead atoms. The van der Waals surface area contributed by atoms with Crippen molar-refractivity contribution in [3.8, 4) is 5.75 Å². The van der Waals surface area contributed by atoms with Gasteiger partial charge in [0.2, 0.25) is 5.91 Å². The molecule has 1 aromatic rings. The first-order chi connectivity index (χ1) is 9.79. The normalized spacial score (nSPS) is 13.7. The van der Waals surface area contributed by atoms with E-state index in [0.29, 0.717) is 6.42 Å². The van der Waals surface area contributed by atoms with Crippen LogP contribution in [0.15, 0.2) is 24.3 Å². The Labute approximate surface area is 124 Å². The zero-order valence-electron chi connectivity index (χ0n) is 12.2. The molecule has 21 heavy (non-hydrogen) atoms. The maximum Gasteiger partial charge on any atom is 0.305 e. The van der Waals surface area contributed by atoms with Crippen LogP contribution in [0.3, 0.4) is 0 Å². The molecule has 1 rings (SSSR count). The Balaban J connectivity index is 2.60. The molecule has 2 unspecified atom stereocenters. The highest BCUT2D eigenvalue weighted by Gasteiger charge is 2.22. The Morgan fingerprint density at radius 2 is 1.81 bits per heavy atom. The van der Waals surface area contributed by atoms with Gasteiger partial charge in [-0.3, -0.25) is 9.59 Å². The van der Waals surface area contributed by atoms with E-state index in [1.165, 1.54) is 12.1 Å². The summed E-state index contributed by atoms with van der Waals surface area (Å²) in [4.78, 5) is 22.8. The number of phenols is 1. The van der Waals surface area contributed by atoms with Crippen LogP contribution in [0.2, 0.25) is 0 Å². The number of carboxylic acids is 1. The molecule has 0 aromatic heterocycles. The van der Waals surface area contributed by atoms with Crippen LogP contribution in [-0.4, -0.2) is 34.2 Å². The molecule has 1 aromatic carbocycles. The zero-order valence-corrected chi connectivity index (χ0v) is 12.2. The highest BCUT2D eigenvalue weighted by molar-refractivity contribution is 5.82. The van der Waals surface area contributed by atoms with E-state index in [9.17, 15) is 14.7 Å². The zero-order chi connectivity index (χ0) is 16.0. The van der Waals surface area contributed by atoms with E-state index in [2.05, 4.69) is 5.32 Å². The topological polar surface area (TPSA) is 113 Å². The second-order valence-corrected chi connectivity index (χ2v) is 5.43. The van der Waals surface area contributed by atoms with Crippen molar-refractivity contribution >= 4 is 11.9 Å². The van der Waals surface area contributed by atoms with Crippen LogP contribution in [0.25, 0.3) is 0 Å². The molecular weight excluding hydrogens is 272 g/mol. The number of benzene rings is 1. The summed E-state index contributed by atoms with van der Waals surface area (Å²) in [6.07, 6.45) is 0.194. The Hall–Kier alpha value is -2.08. The SMILES string of the molecule is CC(C)C(CC(=O)O)NC(=O)C(N)Cc1ccc(O)cc1. The monoisotopic (exact) mass is 294 g/mol. The largest absolute Gasteiger partial charge is 0.508 e. The maximum atomic E-state index is 12.0. The van der Waals surface area contributed by atoms with Crippen LogP contribution in [0.1, 0.15) is 25.8 Å². The molecule has 0 aliphatic rings. The number of aliphatic carboxylic acids is 1. The van der Waals surface area contributed by atoms with Gasteiger partial charge in [0.25, 0.3) is 0 Å². The van der Waals surface area contributed by atoms with E-state index < -0.39 is 18.1 Å². The number of hydrogen-bond donors (Lipinski definition) is 4. The number of carboxylic acid groups (broad SMARTS) is 1.